The summed E-state index contributed by atoms with van der Waals surface area (Å²) >= 11 is 0. The Hall–Kier alpha value is -2.37. The minimum atomic E-state index is 0.561. The van der Waals surface area contributed by atoms with Crippen LogP contribution in [0.5, 0.6) is 5.75 Å². The highest BCUT2D eigenvalue weighted by atomic mass is 16.5. The van der Waals surface area contributed by atoms with Crippen LogP contribution in [0.3, 0.4) is 0 Å². The quantitative estimate of drug-likeness (QED) is 0.695. The lowest BCUT2D eigenvalue weighted by molar-refractivity contribution is 0.415. The molecule has 1 aromatic carbocycles. The molecule has 0 saturated carbocycles. The van der Waals surface area contributed by atoms with E-state index in [-0.39, 0.29) is 0 Å². The maximum absolute atomic E-state index is 5.09. The van der Waals surface area contributed by atoms with E-state index >= 15 is 0 Å². The summed E-state index contributed by atoms with van der Waals surface area (Å²) in [5, 5.41) is 10.6. The number of ether oxygens (including phenoxy) is 1. The molecule has 0 aliphatic rings. The van der Waals surface area contributed by atoms with Gasteiger partial charge in [-0.1, -0.05) is 0 Å². The largest absolute Gasteiger partial charge is 0.497 e. The zero-order valence-corrected chi connectivity index (χ0v) is 8.58. The number of H-pyrrole nitrogens is 1. The number of aromatic amines is 1. The third-order valence-electron chi connectivity index (χ3n) is 2.33. The molecule has 0 spiro atoms. The van der Waals surface area contributed by atoms with Crippen LogP contribution in [-0.4, -0.2) is 31.9 Å². The van der Waals surface area contributed by atoms with Gasteiger partial charge in [-0.05, 0) is 24.3 Å². The van der Waals surface area contributed by atoms with Gasteiger partial charge in [0.05, 0.1) is 7.11 Å². The summed E-state index contributed by atoms with van der Waals surface area (Å²) in [6.45, 7) is 0. The Morgan fingerprint density at radius 3 is 2.75 bits per heavy atom. The molecule has 6 nitrogen and oxygen atoms in total. The third kappa shape index (κ3) is 1.31. The van der Waals surface area contributed by atoms with Gasteiger partial charge < -0.3 is 4.74 Å². The van der Waals surface area contributed by atoms with Gasteiger partial charge >= 0.3 is 0 Å². The highest BCUT2D eigenvalue weighted by Crippen LogP contribution is 2.19. The molecule has 0 aliphatic heterocycles. The predicted octanol–water partition coefficient (Wildman–Crippen LogP) is 1.13. The second kappa shape index (κ2) is 3.34. The standard InChI is InChI=1S/C10H9N5O/c1-16-8-4-2-7(3-5-8)9-12-10-13-11-6-15(10)14-9/h2-6H,1H3,(H,12,13,14). The zero-order valence-electron chi connectivity index (χ0n) is 8.58. The first-order chi connectivity index (χ1) is 7.86. The van der Waals surface area contributed by atoms with E-state index in [0.29, 0.717) is 5.78 Å². The number of fused-ring (bicyclic) bond motifs is 1. The van der Waals surface area contributed by atoms with E-state index in [4.69, 9.17) is 4.74 Å². The first kappa shape index (κ1) is 8.90. The molecule has 2 aromatic heterocycles. The average molecular weight is 215 g/mol. The summed E-state index contributed by atoms with van der Waals surface area (Å²) in [7, 11) is 1.64. The third-order valence-corrected chi connectivity index (χ3v) is 2.33. The molecular formula is C10H9N5O. The normalized spacial score (nSPS) is 10.8. The van der Waals surface area contributed by atoms with Crippen LogP contribution in [0.25, 0.3) is 17.2 Å². The first-order valence-electron chi connectivity index (χ1n) is 4.77. The molecule has 6 heteroatoms. The van der Waals surface area contributed by atoms with Gasteiger partial charge in [0.2, 0.25) is 0 Å². The molecule has 0 saturated heterocycles. The Morgan fingerprint density at radius 2 is 2.06 bits per heavy atom. The van der Waals surface area contributed by atoms with Crippen molar-refractivity contribution in [2.45, 2.75) is 0 Å². The lowest BCUT2D eigenvalue weighted by Gasteiger charge is -1.99. The van der Waals surface area contributed by atoms with Crippen molar-refractivity contribution >= 4 is 5.78 Å². The summed E-state index contributed by atoms with van der Waals surface area (Å²) in [5.74, 6) is 2.14. The van der Waals surface area contributed by atoms with Crippen LogP contribution in [0, 0.1) is 0 Å². The molecule has 0 fully saturated rings. The van der Waals surface area contributed by atoms with Crippen molar-refractivity contribution in [3.8, 4) is 17.1 Å². The number of nitrogens with one attached hydrogen (secondary N) is 1. The van der Waals surface area contributed by atoms with Gasteiger partial charge in [0.1, 0.15) is 12.1 Å². The fourth-order valence-corrected chi connectivity index (χ4v) is 1.50. The molecule has 1 N–H and O–H groups in total. The van der Waals surface area contributed by atoms with E-state index in [1.807, 2.05) is 24.3 Å². The highest BCUT2D eigenvalue weighted by Gasteiger charge is 2.05. The maximum atomic E-state index is 5.09. The molecule has 3 aromatic rings. The second-order valence-corrected chi connectivity index (χ2v) is 3.30. The minimum absolute atomic E-state index is 0.561. The average Bonchev–Trinajstić information content (AvgIpc) is 2.89. The van der Waals surface area contributed by atoms with Gasteiger partial charge in [-0.25, -0.2) is 4.52 Å². The van der Waals surface area contributed by atoms with Gasteiger partial charge in [-0.2, -0.15) is 4.98 Å². The molecule has 0 amide bonds. The number of rotatable bonds is 2. The van der Waals surface area contributed by atoms with E-state index in [2.05, 4.69) is 20.3 Å². The number of methoxy groups -OCH3 is 1. The van der Waals surface area contributed by atoms with Gasteiger partial charge in [0, 0.05) is 5.56 Å². The van der Waals surface area contributed by atoms with Crippen molar-refractivity contribution in [2.75, 3.05) is 7.11 Å². The highest BCUT2D eigenvalue weighted by molar-refractivity contribution is 5.57. The van der Waals surface area contributed by atoms with Crippen molar-refractivity contribution in [1.82, 2.24) is 24.8 Å². The topological polar surface area (TPSA) is 68.1 Å². The monoisotopic (exact) mass is 215 g/mol. The summed E-state index contributed by atoms with van der Waals surface area (Å²) in [4.78, 5) is 4.29. The lowest BCUT2D eigenvalue weighted by atomic mass is 10.2. The fraction of sp³-hybridized carbons (Fsp3) is 0.100. The summed E-state index contributed by atoms with van der Waals surface area (Å²) in [6, 6.07) is 7.65. The van der Waals surface area contributed by atoms with E-state index in [1.165, 1.54) is 0 Å². The molecule has 0 aliphatic carbocycles. The maximum Gasteiger partial charge on any atom is 0.271 e. The van der Waals surface area contributed by atoms with E-state index in [1.54, 1.807) is 18.0 Å². The van der Waals surface area contributed by atoms with Crippen LogP contribution < -0.4 is 4.74 Å². The SMILES string of the molecule is COc1ccc(-c2nc3nncn3[nH]2)cc1. The van der Waals surface area contributed by atoms with E-state index in [0.717, 1.165) is 17.1 Å². The summed E-state index contributed by atoms with van der Waals surface area (Å²) in [6.07, 6.45) is 1.58. The van der Waals surface area contributed by atoms with Gasteiger partial charge in [0.25, 0.3) is 5.78 Å². The molecule has 0 bridgehead atoms. The van der Waals surface area contributed by atoms with Crippen LogP contribution in [0.15, 0.2) is 30.6 Å². The molecule has 0 radical (unpaired) electrons. The number of benzene rings is 1. The van der Waals surface area contributed by atoms with Crippen molar-refractivity contribution in [1.29, 1.82) is 0 Å². The minimum Gasteiger partial charge on any atom is -0.497 e. The molecule has 2 heterocycles. The van der Waals surface area contributed by atoms with Gasteiger partial charge in [-0.3, -0.25) is 5.10 Å². The molecule has 0 unspecified atom stereocenters. The van der Waals surface area contributed by atoms with Crippen molar-refractivity contribution in [3.05, 3.63) is 30.6 Å². The fourth-order valence-electron chi connectivity index (χ4n) is 1.50. The summed E-state index contributed by atoms with van der Waals surface area (Å²) < 4.78 is 6.76. The second-order valence-electron chi connectivity index (χ2n) is 3.30. The number of nitrogens with zero attached hydrogens (tertiary/aromatic N) is 4. The molecule has 0 atom stereocenters. The van der Waals surface area contributed by atoms with E-state index < -0.39 is 0 Å². The first-order valence-corrected chi connectivity index (χ1v) is 4.77. The smallest absolute Gasteiger partial charge is 0.271 e. The zero-order chi connectivity index (χ0) is 11.0. The predicted molar refractivity (Wildman–Crippen MR) is 57.1 cm³/mol. The van der Waals surface area contributed by atoms with Crippen LogP contribution >= 0.6 is 0 Å². The molecule has 80 valence electrons. The van der Waals surface area contributed by atoms with Crippen molar-refractivity contribution < 1.29 is 4.74 Å². The Balaban J connectivity index is 2.05. The van der Waals surface area contributed by atoms with Gasteiger partial charge in [-0.15, -0.1) is 10.2 Å². The number of aromatic nitrogens is 5. The molecular weight excluding hydrogens is 206 g/mol. The van der Waals surface area contributed by atoms with Crippen LogP contribution in [0.1, 0.15) is 0 Å². The van der Waals surface area contributed by atoms with Crippen molar-refractivity contribution in [3.63, 3.8) is 0 Å². The molecule has 3 rings (SSSR count). The number of hydrogen-bond acceptors (Lipinski definition) is 4. The Labute approximate surface area is 90.9 Å². The Kier molecular flexibility index (Phi) is 1.86. The van der Waals surface area contributed by atoms with Crippen LogP contribution in [-0.2, 0) is 0 Å². The van der Waals surface area contributed by atoms with Gasteiger partial charge in [0.15, 0.2) is 5.82 Å². The number of hydrogen-bond donors (Lipinski definition) is 1. The van der Waals surface area contributed by atoms with Crippen molar-refractivity contribution in [2.24, 2.45) is 0 Å². The summed E-state index contributed by atoms with van der Waals surface area (Å²) in [5.41, 5.74) is 0.978. The Bertz CT molecular complexity index is 581. The Morgan fingerprint density at radius 1 is 1.25 bits per heavy atom. The molecule has 16 heavy (non-hydrogen) atoms. The van der Waals surface area contributed by atoms with Crippen LogP contribution in [0.4, 0.5) is 0 Å². The van der Waals surface area contributed by atoms with E-state index in [9.17, 15) is 0 Å². The van der Waals surface area contributed by atoms with Crippen LogP contribution in [0.2, 0.25) is 0 Å². The lowest BCUT2D eigenvalue weighted by Crippen LogP contribution is -1.85.